The summed E-state index contributed by atoms with van der Waals surface area (Å²) in [7, 11) is 0. The Bertz CT molecular complexity index is 1090. The molecule has 3 aromatic carbocycles. The standard InChI is InChI=1S/C25H26ClN3O/c1-18-20(8-5-15-27-16-19-6-3-2-4-7-19)9-14-23-25(18)29-24(28-23)17-30-22-12-10-21(26)11-13-22/h2-4,6-7,9-14,27H,5,8,15-17H2,1H3,(H,28,29). The quantitative estimate of drug-likeness (QED) is 0.336. The number of halogens is 1. The van der Waals surface area contributed by atoms with E-state index in [1.165, 1.54) is 16.7 Å². The van der Waals surface area contributed by atoms with Crippen LogP contribution in [0.3, 0.4) is 0 Å². The Morgan fingerprint density at radius 2 is 1.80 bits per heavy atom. The van der Waals surface area contributed by atoms with Gasteiger partial charge < -0.3 is 15.0 Å². The fourth-order valence-corrected chi connectivity index (χ4v) is 3.69. The third kappa shape index (κ3) is 5.21. The zero-order chi connectivity index (χ0) is 20.8. The summed E-state index contributed by atoms with van der Waals surface area (Å²) in [5.41, 5.74) is 5.98. The Morgan fingerprint density at radius 1 is 1.00 bits per heavy atom. The van der Waals surface area contributed by atoms with Crippen molar-refractivity contribution in [3.63, 3.8) is 0 Å². The second-order valence-electron chi connectivity index (χ2n) is 7.44. The molecule has 0 saturated heterocycles. The molecule has 30 heavy (non-hydrogen) atoms. The van der Waals surface area contributed by atoms with Crippen LogP contribution < -0.4 is 10.1 Å². The van der Waals surface area contributed by atoms with E-state index < -0.39 is 0 Å². The second-order valence-corrected chi connectivity index (χ2v) is 7.87. The first kappa shape index (κ1) is 20.5. The number of H-pyrrole nitrogens is 1. The maximum absolute atomic E-state index is 5.92. The summed E-state index contributed by atoms with van der Waals surface area (Å²) in [6.07, 6.45) is 2.13. The molecule has 4 nitrogen and oxygen atoms in total. The first-order valence-corrected chi connectivity index (χ1v) is 10.7. The number of aryl methyl sites for hydroxylation is 2. The summed E-state index contributed by atoms with van der Waals surface area (Å²) >= 11 is 5.92. The van der Waals surface area contributed by atoms with E-state index in [-0.39, 0.29) is 0 Å². The average Bonchev–Trinajstić information content (AvgIpc) is 3.19. The molecule has 0 fully saturated rings. The van der Waals surface area contributed by atoms with E-state index >= 15 is 0 Å². The van der Waals surface area contributed by atoms with Crippen LogP contribution in [0.25, 0.3) is 11.0 Å². The number of fused-ring (bicyclic) bond motifs is 1. The highest BCUT2D eigenvalue weighted by molar-refractivity contribution is 6.30. The summed E-state index contributed by atoms with van der Waals surface area (Å²) in [6.45, 7) is 4.45. The van der Waals surface area contributed by atoms with Crippen molar-refractivity contribution >= 4 is 22.6 Å². The lowest BCUT2D eigenvalue weighted by molar-refractivity contribution is 0.297. The van der Waals surface area contributed by atoms with Gasteiger partial charge in [0.1, 0.15) is 18.2 Å². The van der Waals surface area contributed by atoms with Crippen molar-refractivity contribution < 1.29 is 4.74 Å². The van der Waals surface area contributed by atoms with Crippen LogP contribution in [0.1, 0.15) is 28.9 Å². The molecule has 1 heterocycles. The van der Waals surface area contributed by atoms with E-state index in [4.69, 9.17) is 21.3 Å². The zero-order valence-electron chi connectivity index (χ0n) is 17.1. The molecular weight excluding hydrogens is 394 g/mol. The van der Waals surface area contributed by atoms with Gasteiger partial charge in [-0.1, -0.05) is 48.0 Å². The summed E-state index contributed by atoms with van der Waals surface area (Å²) in [5.74, 6) is 1.60. The predicted octanol–water partition coefficient (Wildman–Crippen LogP) is 5.83. The summed E-state index contributed by atoms with van der Waals surface area (Å²) in [5, 5.41) is 4.22. The van der Waals surface area contributed by atoms with Gasteiger partial charge in [0.25, 0.3) is 0 Å². The topological polar surface area (TPSA) is 49.9 Å². The smallest absolute Gasteiger partial charge is 0.146 e. The molecule has 2 N–H and O–H groups in total. The third-order valence-corrected chi connectivity index (χ3v) is 5.48. The van der Waals surface area contributed by atoms with E-state index in [1.54, 1.807) is 0 Å². The van der Waals surface area contributed by atoms with Gasteiger partial charge in [0.05, 0.1) is 11.0 Å². The second kappa shape index (κ2) is 9.79. The number of hydrogen-bond donors (Lipinski definition) is 2. The van der Waals surface area contributed by atoms with Gasteiger partial charge in [-0.15, -0.1) is 0 Å². The lowest BCUT2D eigenvalue weighted by Gasteiger charge is -2.08. The first-order chi connectivity index (χ1) is 14.7. The van der Waals surface area contributed by atoms with E-state index in [9.17, 15) is 0 Å². The minimum atomic E-state index is 0.397. The van der Waals surface area contributed by atoms with Crippen LogP contribution >= 0.6 is 11.6 Å². The average molecular weight is 420 g/mol. The molecule has 0 aliphatic carbocycles. The third-order valence-electron chi connectivity index (χ3n) is 5.23. The minimum absolute atomic E-state index is 0.397. The SMILES string of the molecule is Cc1c(CCCNCc2ccccc2)ccc2[nH]c(COc3ccc(Cl)cc3)nc12. The maximum Gasteiger partial charge on any atom is 0.146 e. The Balaban J connectivity index is 1.32. The van der Waals surface area contributed by atoms with Crippen LogP contribution in [0.5, 0.6) is 5.75 Å². The molecule has 0 spiro atoms. The van der Waals surface area contributed by atoms with Gasteiger partial charge in [-0.3, -0.25) is 0 Å². The molecule has 0 aliphatic heterocycles. The number of nitrogens with zero attached hydrogens (tertiary/aromatic N) is 1. The molecular formula is C25H26ClN3O. The van der Waals surface area contributed by atoms with E-state index in [1.807, 2.05) is 30.3 Å². The molecule has 4 rings (SSSR count). The van der Waals surface area contributed by atoms with Crippen molar-refractivity contribution in [2.24, 2.45) is 0 Å². The van der Waals surface area contributed by atoms with Crippen LogP contribution in [0, 0.1) is 6.92 Å². The van der Waals surface area contributed by atoms with Crippen molar-refractivity contribution in [1.82, 2.24) is 15.3 Å². The van der Waals surface area contributed by atoms with Crippen molar-refractivity contribution in [3.05, 3.63) is 94.3 Å². The summed E-state index contributed by atoms with van der Waals surface area (Å²) < 4.78 is 5.81. The molecule has 0 bridgehead atoms. The Morgan fingerprint density at radius 3 is 2.60 bits per heavy atom. The van der Waals surface area contributed by atoms with Crippen LogP contribution in [-0.2, 0) is 19.6 Å². The summed E-state index contributed by atoms with van der Waals surface area (Å²) in [4.78, 5) is 8.13. The Labute approximate surface area is 182 Å². The van der Waals surface area contributed by atoms with Crippen LogP contribution in [0.15, 0.2) is 66.7 Å². The normalized spacial score (nSPS) is 11.1. The molecule has 0 atom stereocenters. The van der Waals surface area contributed by atoms with Crippen LogP contribution in [-0.4, -0.2) is 16.5 Å². The number of nitrogens with one attached hydrogen (secondary N) is 2. The fourth-order valence-electron chi connectivity index (χ4n) is 3.56. The van der Waals surface area contributed by atoms with Crippen molar-refractivity contribution in [2.45, 2.75) is 32.9 Å². The number of hydrogen-bond acceptors (Lipinski definition) is 3. The largest absolute Gasteiger partial charge is 0.486 e. The van der Waals surface area contributed by atoms with Crippen molar-refractivity contribution in [2.75, 3.05) is 6.54 Å². The highest BCUT2D eigenvalue weighted by Crippen LogP contribution is 2.22. The van der Waals surface area contributed by atoms with Crippen molar-refractivity contribution in [1.29, 1.82) is 0 Å². The highest BCUT2D eigenvalue weighted by Gasteiger charge is 2.09. The van der Waals surface area contributed by atoms with E-state index in [0.717, 1.165) is 48.5 Å². The summed E-state index contributed by atoms with van der Waals surface area (Å²) in [6, 6.07) is 22.2. The Hall–Kier alpha value is -2.82. The lowest BCUT2D eigenvalue weighted by Crippen LogP contribution is -2.15. The number of imidazole rings is 1. The molecule has 0 amide bonds. The molecule has 0 saturated carbocycles. The number of rotatable bonds is 9. The highest BCUT2D eigenvalue weighted by atomic mass is 35.5. The molecule has 154 valence electrons. The van der Waals surface area contributed by atoms with E-state index in [0.29, 0.717) is 11.6 Å². The Kier molecular flexibility index (Phi) is 6.67. The van der Waals surface area contributed by atoms with Crippen LogP contribution in [0.4, 0.5) is 0 Å². The zero-order valence-corrected chi connectivity index (χ0v) is 17.9. The van der Waals surface area contributed by atoms with Crippen molar-refractivity contribution in [3.8, 4) is 5.75 Å². The van der Waals surface area contributed by atoms with E-state index in [2.05, 4.69) is 53.6 Å². The lowest BCUT2D eigenvalue weighted by atomic mass is 10.0. The predicted molar refractivity (Wildman–Crippen MR) is 123 cm³/mol. The molecule has 0 aliphatic rings. The van der Waals surface area contributed by atoms with Gasteiger partial charge >= 0.3 is 0 Å². The number of aromatic amines is 1. The first-order valence-electron chi connectivity index (χ1n) is 10.3. The molecule has 0 radical (unpaired) electrons. The monoisotopic (exact) mass is 419 g/mol. The van der Waals surface area contributed by atoms with Gasteiger partial charge in [0, 0.05) is 11.6 Å². The minimum Gasteiger partial charge on any atom is -0.486 e. The molecule has 5 heteroatoms. The van der Waals surface area contributed by atoms with Gasteiger partial charge in [0.15, 0.2) is 0 Å². The molecule has 4 aromatic rings. The van der Waals surface area contributed by atoms with Crippen LogP contribution in [0.2, 0.25) is 5.02 Å². The maximum atomic E-state index is 5.92. The number of benzene rings is 3. The van der Waals surface area contributed by atoms with Gasteiger partial charge in [-0.05, 0) is 73.3 Å². The van der Waals surface area contributed by atoms with Gasteiger partial charge in [-0.25, -0.2) is 4.98 Å². The molecule has 1 aromatic heterocycles. The number of ether oxygens (including phenoxy) is 1. The number of aromatic nitrogens is 2. The fraction of sp³-hybridized carbons (Fsp3) is 0.240. The van der Waals surface area contributed by atoms with Gasteiger partial charge in [-0.2, -0.15) is 0 Å². The molecule has 0 unspecified atom stereocenters. The van der Waals surface area contributed by atoms with Gasteiger partial charge in [0.2, 0.25) is 0 Å².